The van der Waals surface area contributed by atoms with Crippen molar-refractivity contribution in [2.45, 2.75) is 38.9 Å². The molecule has 1 aliphatic heterocycles. The van der Waals surface area contributed by atoms with Gasteiger partial charge in [-0.1, -0.05) is 55.1 Å². The van der Waals surface area contributed by atoms with Gasteiger partial charge in [-0.25, -0.2) is 4.99 Å². The number of hydrogen-bond acceptors (Lipinski definition) is 4. The minimum Gasteiger partial charge on any atom is -0.326 e. The fourth-order valence-corrected chi connectivity index (χ4v) is 4.52. The molecule has 30 heavy (non-hydrogen) atoms. The van der Waals surface area contributed by atoms with Crippen molar-refractivity contribution in [1.29, 1.82) is 0 Å². The Morgan fingerprint density at radius 3 is 2.60 bits per heavy atom. The molecule has 0 radical (unpaired) electrons. The molecule has 1 heterocycles. The first kappa shape index (κ1) is 21.8. The maximum Gasteiger partial charge on any atom is 0.242 e. The Bertz CT molecular complexity index is 979. The van der Waals surface area contributed by atoms with Crippen molar-refractivity contribution >= 4 is 40.1 Å². The first-order valence-corrected chi connectivity index (χ1v) is 10.9. The topological polar surface area (TPSA) is 61.8 Å². The Labute approximate surface area is 182 Å². The number of aliphatic imine (C=N–C) groups is 1. The smallest absolute Gasteiger partial charge is 0.242 e. The number of anilines is 1. The third kappa shape index (κ3) is 5.00. The van der Waals surface area contributed by atoms with Crippen molar-refractivity contribution in [3.05, 3.63) is 71.8 Å². The van der Waals surface area contributed by atoms with Crippen molar-refractivity contribution in [3.8, 4) is 0 Å². The van der Waals surface area contributed by atoms with E-state index in [4.69, 9.17) is 4.99 Å². The first-order chi connectivity index (χ1) is 14.4. The molecule has 1 N–H and O–H groups in total. The molecule has 1 fully saturated rings. The highest BCUT2D eigenvalue weighted by Gasteiger charge is 2.38. The molecular formula is C24H27N3O2S. The molecule has 0 aromatic heterocycles. The van der Waals surface area contributed by atoms with Gasteiger partial charge < -0.3 is 5.32 Å². The summed E-state index contributed by atoms with van der Waals surface area (Å²) in [5.74, 6) is -0.284. The second-order valence-corrected chi connectivity index (χ2v) is 8.45. The Kier molecular flexibility index (Phi) is 7.11. The fourth-order valence-electron chi connectivity index (χ4n) is 3.35. The third-order valence-electron chi connectivity index (χ3n) is 4.99. The van der Waals surface area contributed by atoms with Crippen LogP contribution < -0.4 is 5.32 Å². The van der Waals surface area contributed by atoms with Gasteiger partial charge in [0.15, 0.2) is 5.17 Å². The predicted octanol–water partition coefficient (Wildman–Crippen LogP) is 5.01. The van der Waals surface area contributed by atoms with Crippen LogP contribution in [0.3, 0.4) is 0 Å². The zero-order chi connectivity index (χ0) is 21.7. The largest absolute Gasteiger partial charge is 0.326 e. The van der Waals surface area contributed by atoms with Crippen LogP contribution in [0.5, 0.6) is 0 Å². The standard InChI is InChI=1S/C24H27N3O2S/c1-5-13-27-23(29)20(15-21(28)26-22-16(3)9-7-10-17(22)4)30-24(27)25-19-12-8-11-18(6-2)14-19/h5,7-12,14,20H,1,6,13,15H2,2-4H3,(H,26,28)/t20-/m1/s1. The van der Waals surface area contributed by atoms with Crippen LogP contribution in [0, 0.1) is 13.8 Å². The maximum absolute atomic E-state index is 12.9. The normalized spacial score (nSPS) is 17.4. The van der Waals surface area contributed by atoms with Crippen molar-refractivity contribution in [3.63, 3.8) is 0 Å². The molecule has 2 amide bonds. The van der Waals surface area contributed by atoms with E-state index >= 15 is 0 Å². The number of amidine groups is 1. The minimum absolute atomic E-state index is 0.0962. The summed E-state index contributed by atoms with van der Waals surface area (Å²) in [6.45, 7) is 10.1. The zero-order valence-electron chi connectivity index (χ0n) is 17.6. The van der Waals surface area contributed by atoms with Gasteiger partial charge in [-0.2, -0.15) is 0 Å². The quantitative estimate of drug-likeness (QED) is 0.639. The highest BCUT2D eigenvalue weighted by molar-refractivity contribution is 8.15. The highest BCUT2D eigenvalue weighted by atomic mass is 32.2. The predicted molar refractivity (Wildman–Crippen MR) is 125 cm³/mol. The van der Waals surface area contributed by atoms with E-state index in [2.05, 4.69) is 24.9 Å². The first-order valence-electron chi connectivity index (χ1n) is 10.1. The lowest BCUT2D eigenvalue weighted by atomic mass is 10.1. The number of rotatable bonds is 7. The molecule has 0 aliphatic carbocycles. The molecule has 0 spiro atoms. The molecule has 1 atom stereocenters. The zero-order valence-corrected chi connectivity index (χ0v) is 18.5. The summed E-state index contributed by atoms with van der Waals surface area (Å²) < 4.78 is 0. The molecule has 2 aromatic rings. The van der Waals surface area contributed by atoms with E-state index in [1.54, 1.807) is 11.0 Å². The summed E-state index contributed by atoms with van der Waals surface area (Å²) in [5, 5.41) is 3.08. The second kappa shape index (κ2) is 9.76. The van der Waals surface area contributed by atoms with Crippen molar-refractivity contribution in [2.75, 3.05) is 11.9 Å². The molecule has 0 saturated carbocycles. The van der Waals surface area contributed by atoms with Gasteiger partial charge in [0.2, 0.25) is 11.8 Å². The van der Waals surface area contributed by atoms with Gasteiger partial charge in [-0.15, -0.1) is 6.58 Å². The Morgan fingerprint density at radius 1 is 1.23 bits per heavy atom. The summed E-state index contributed by atoms with van der Waals surface area (Å²) in [5.41, 5.74) is 4.80. The fraction of sp³-hybridized carbons (Fsp3) is 0.292. The Morgan fingerprint density at radius 2 is 1.93 bits per heavy atom. The average Bonchev–Trinajstić information content (AvgIpc) is 3.00. The lowest BCUT2D eigenvalue weighted by molar-refractivity contribution is -0.127. The second-order valence-electron chi connectivity index (χ2n) is 7.28. The lowest BCUT2D eigenvalue weighted by Gasteiger charge is -2.14. The molecule has 3 rings (SSSR count). The number of benzene rings is 2. The van der Waals surface area contributed by atoms with Gasteiger partial charge in [0.1, 0.15) is 5.25 Å². The summed E-state index contributed by atoms with van der Waals surface area (Å²) in [6.07, 6.45) is 2.69. The van der Waals surface area contributed by atoms with E-state index in [9.17, 15) is 9.59 Å². The SMILES string of the molecule is C=CCN1C(=O)[C@@H](CC(=O)Nc2c(C)cccc2C)SC1=Nc1cccc(CC)c1. The number of nitrogens with zero attached hydrogens (tertiary/aromatic N) is 2. The highest BCUT2D eigenvalue weighted by Crippen LogP contribution is 2.32. The van der Waals surface area contributed by atoms with Crippen LogP contribution in [0.15, 0.2) is 60.1 Å². The van der Waals surface area contributed by atoms with Crippen LogP contribution in [0.25, 0.3) is 0 Å². The van der Waals surface area contributed by atoms with Crippen LogP contribution in [-0.2, 0) is 16.0 Å². The summed E-state index contributed by atoms with van der Waals surface area (Å²) in [6, 6.07) is 13.8. The number of nitrogens with one attached hydrogen (secondary N) is 1. The van der Waals surface area contributed by atoms with Gasteiger partial charge in [0, 0.05) is 18.7 Å². The van der Waals surface area contributed by atoms with Crippen LogP contribution in [-0.4, -0.2) is 33.7 Å². The molecule has 1 aliphatic rings. The van der Waals surface area contributed by atoms with Gasteiger partial charge >= 0.3 is 0 Å². The van der Waals surface area contributed by atoms with Crippen LogP contribution >= 0.6 is 11.8 Å². The molecule has 2 aromatic carbocycles. The summed E-state index contributed by atoms with van der Waals surface area (Å²) in [4.78, 5) is 31.9. The number of aryl methyl sites for hydroxylation is 3. The number of hydrogen-bond donors (Lipinski definition) is 1. The molecule has 0 bridgehead atoms. The van der Waals surface area contributed by atoms with Gasteiger partial charge in [0.25, 0.3) is 0 Å². The van der Waals surface area contributed by atoms with Crippen LogP contribution in [0.1, 0.15) is 30.0 Å². The number of carbonyl (C=O) groups excluding carboxylic acids is 2. The van der Waals surface area contributed by atoms with E-state index in [-0.39, 0.29) is 18.2 Å². The molecular weight excluding hydrogens is 394 g/mol. The van der Waals surface area contributed by atoms with E-state index in [1.165, 1.54) is 17.3 Å². The number of thioether (sulfide) groups is 1. The van der Waals surface area contributed by atoms with Crippen molar-refractivity contribution in [1.82, 2.24) is 4.90 Å². The molecule has 1 saturated heterocycles. The van der Waals surface area contributed by atoms with Gasteiger partial charge in [-0.3, -0.25) is 14.5 Å². The monoisotopic (exact) mass is 421 g/mol. The number of carbonyl (C=O) groups is 2. The van der Waals surface area contributed by atoms with E-state index in [0.717, 1.165) is 28.9 Å². The summed E-state index contributed by atoms with van der Waals surface area (Å²) >= 11 is 1.34. The summed E-state index contributed by atoms with van der Waals surface area (Å²) in [7, 11) is 0. The van der Waals surface area contributed by atoms with E-state index < -0.39 is 5.25 Å². The third-order valence-corrected chi connectivity index (χ3v) is 6.17. The molecule has 156 valence electrons. The van der Waals surface area contributed by atoms with Crippen LogP contribution in [0.2, 0.25) is 0 Å². The maximum atomic E-state index is 12.9. The Hall–Kier alpha value is -2.86. The minimum atomic E-state index is -0.498. The van der Waals surface area contributed by atoms with Crippen molar-refractivity contribution < 1.29 is 9.59 Å². The van der Waals surface area contributed by atoms with Gasteiger partial charge in [0.05, 0.1) is 5.69 Å². The molecule has 6 heteroatoms. The lowest BCUT2D eigenvalue weighted by Crippen LogP contribution is -2.33. The number of para-hydroxylation sites is 1. The molecule has 0 unspecified atom stereocenters. The van der Waals surface area contributed by atoms with Gasteiger partial charge in [-0.05, 0) is 49.1 Å². The van der Waals surface area contributed by atoms with Crippen LogP contribution in [0.4, 0.5) is 11.4 Å². The van der Waals surface area contributed by atoms with Crippen molar-refractivity contribution in [2.24, 2.45) is 4.99 Å². The Balaban J connectivity index is 1.77. The average molecular weight is 422 g/mol. The van der Waals surface area contributed by atoms with E-state index in [0.29, 0.717) is 11.7 Å². The molecule has 5 nitrogen and oxygen atoms in total. The van der Waals surface area contributed by atoms with E-state index in [1.807, 2.05) is 50.2 Å². The number of amides is 2.